The number of ether oxygens (including phenoxy) is 1. The van der Waals surface area contributed by atoms with Crippen LogP contribution in [0.15, 0.2) is 34.7 Å². The Morgan fingerprint density at radius 1 is 1.46 bits per heavy atom. The standard InChI is InChI=1S/C19H19N3O3S/c1-3-22-10-14(13-9-20-17(25-2)8-12(13)19(22)24)18(23)21-15-4-5-16-11(15)6-7-26-16/h6-10,15H,3-5H2,1-2H3,(H,21,23). The Morgan fingerprint density at radius 2 is 2.31 bits per heavy atom. The first-order valence-electron chi connectivity index (χ1n) is 8.56. The number of nitrogens with one attached hydrogen (secondary N) is 1. The number of pyridine rings is 2. The predicted molar refractivity (Wildman–Crippen MR) is 101 cm³/mol. The minimum atomic E-state index is -0.187. The van der Waals surface area contributed by atoms with Gasteiger partial charge in [-0.25, -0.2) is 4.98 Å². The molecule has 0 spiro atoms. The van der Waals surface area contributed by atoms with Crippen molar-refractivity contribution in [3.05, 3.63) is 56.3 Å². The average Bonchev–Trinajstić information content (AvgIpc) is 3.27. The number of hydrogen-bond donors (Lipinski definition) is 1. The van der Waals surface area contributed by atoms with Crippen molar-refractivity contribution >= 4 is 28.0 Å². The van der Waals surface area contributed by atoms with Gasteiger partial charge in [0.2, 0.25) is 5.88 Å². The molecule has 0 aromatic carbocycles. The minimum Gasteiger partial charge on any atom is -0.481 e. The van der Waals surface area contributed by atoms with Gasteiger partial charge < -0.3 is 14.6 Å². The molecule has 0 saturated heterocycles. The van der Waals surface area contributed by atoms with Gasteiger partial charge in [0.25, 0.3) is 11.5 Å². The molecule has 4 rings (SSSR count). The molecule has 3 aromatic heterocycles. The molecule has 1 unspecified atom stereocenters. The van der Waals surface area contributed by atoms with E-state index >= 15 is 0 Å². The second-order valence-corrected chi connectivity index (χ2v) is 7.27. The number of aryl methyl sites for hydroxylation is 2. The highest BCUT2D eigenvalue weighted by Gasteiger charge is 2.26. The van der Waals surface area contributed by atoms with Gasteiger partial charge in [-0.05, 0) is 36.8 Å². The van der Waals surface area contributed by atoms with Gasteiger partial charge in [0.05, 0.1) is 24.1 Å². The van der Waals surface area contributed by atoms with Gasteiger partial charge in [0.1, 0.15) is 0 Å². The molecular weight excluding hydrogens is 350 g/mol. The van der Waals surface area contributed by atoms with Crippen LogP contribution in [0.2, 0.25) is 0 Å². The number of carbonyl (C=O) groups is 1. The van der Waals surface area contributed by atoms with Crippen molar-refractivity contribution in [2.45, 2.75) is 32.4 Å². The van der Waals surface area contributed by atoms with E-state index in [-0.39, 0.29) is 17.5 Å². The van der Waals surface area contributed by atoms with Crippen molar-refractivity contribution in [3.8, 4) is 5.88 Å². The Kier molecular flexibility index (Phi) is 4.24. The number of fused-ring (bicyclic) bond motifs is 2. The highest BCUT2D eigenvalue weighted by atomic mass is 32.1. The van der Waals surface area contributed by atoms with Crippen LogP contribution in [0.25, 0.3) is 10.8 Å². The quantitative estimate of drug-likeness (QED) is 0.767. The number of nitrogens with zero attached hydrogens (tertiary/aromatic N) is 2. The fourth-order valence-electron chi connectivity index (χ4n) is 3.48. The third-order valence-corrected chi connectivity index (χ3v) is 5.86. The number of rotatable bonds is 4. The molecule has 1 atom stereocenters. The van der Waals surface area contributed by atoms with Gasteiger partial charge in [-0.3, -0.25) is 9.59 Å². The highest BCUT2D eigenvalue weighted by molar-refractivity contribution is 7.10. The maximum Gasteiger partial charge on any atom is 0.258 e. The average molecular weight is 369 g/mol. The van der Waals surface area contributed by atoms with Crippen LogP contribution in [0.5, 0.6) is 5.88 Å². The molecule has 0 bridgehead atoms. The Morgan fingerprint density at radius 3 is 3.08 bits per heavy atom. The second kappa shape index (κ2) is 6.57. The molecule has 0 radical (unpaired) electrons. The maximum absolute atomic E-state index is 13.0. The Labute approximate surface area is 154 Å². The third kappa shape index (κ3) is 2.68. The summed E-state index contributed by atoms with van der Waals surface area (Å²) < 4.78 is 6.67. The molecule has 1 amide bonds. The Balaban J connectivity index is 1.77. The first-order chi connectivity index (χ1) is 12.6. The van der Waals surface area contributed by atoms with E-state index < -0.39 is 0 Å². The van der Waals surface area contributed by atoms with E-state index in [4.69, 9.17) is 4.74 Å². The first kappa shape index (κ1) is 16.8. The van der Waals surface area contributed by atoms with Crippen LogP contribution in [0.4, 0.5) is 0 Å². The van der Waals surface area contributed by atoms with Gasteiger partial charge >= 0.3 is 0 Å². The molecule has 1 aliphatic carbocycles. The maximum atomic E-state index is 13.0. The summed E-state index contributed by atoms with van der Waals surface area (Å²) >= 11 is 1.73. The van der Waals surface area contributed by atoms with E-state index in [1.54, 1.807) is 28.2 Å². The lowest BCUT2D eigenvalue weighted by Gasteiger charge is -2.15. The zero-order valence-electron chi connectivity index (χ0n) is 14.6. The van der Waals surface area contributed by atoms with Crippen LogP contribution in [0.1, 0.15) is 40.2 Å². The number of carbonyl (C=O) groups excluding carboxylic acids is 1. The summed E-state index contributed by atoms with van der Waals surface area (Å²) in [5.41, 5.74) is 1.51. The summed E-state index contributed by atoms with van der Waals surface area (Å²) in [6.07, 6.45) is 5.06. The van der Waals surface area contributed by atoms with Gasteiger partial charge in [0.15, 0.2) is 0 Å². The van der Waals surface area contributed by atoms with Gasteiger partial charge in [-0.2, -0.15) is 0 Å². The number of thiophene rings is 1. The van der Waals surface area contributed by atoms with Crippen LogP contribution in [0, 0.1) is 0 Å². The summed E-state index contributed by atoms with van der Waals surface area (Å²) in [4.78, 5) is 31.1. The second-order valence-electron chi connectivity index (χ2n) is 6.27. The van der Waals surface area contributed by atoms with E-state index in [0.29, 0.717) is 28.8 Å². The summed E-state index contributed by atoms with van der Waals surface area (Å²) in [6.45, 7) is 2.36. The summed E-state index contributed by atoms with van der Waals surface area (Å²) in [5.74, 6) is 0.168. The Bertz CT molecular complexity index is 1050. The third-order valence-electron chi connectivity index (χ3n) is 4.86. The monoisotopic (exact) mass is 369 g/mol. The lowest BCUT2D eigenvalue weighted by atomic mass is 10.1. The van der Waals surface area contributed by atoms with Crippen molar-refractivity contribution in [2.75, 3.05) is 7.11 Å². The van der Waals surface area contributed by atoms with E-state index in [0.717, 1.165) is 12.8 Å². The summed E-state index contributed by atoms with van der Waals surface area (Å²) in [5, 5.41) is 6.17. The largest absolute Gasteiger partial charge is 0.481 e. The number of hydrogen-bond acceptors (Lipinski definition) is 5. The van der Waals surface area contributed by atoms with Crippen LogP contribution in [-0.4, -0.2) is 22.6 Å². The molecule has 0 saturated carbocycles. The smallest absolute Gasteiger partial charge is 0.258 e. The normalized spacial score (nSPS) is 15.8. The minimum absolute atomic E-state index is 0.0204. The van der Waals surface area contributed by atoms with Crippen LogP contribution < -0.4 is 15.6 Å². The van der Waals surface area contributed by atoms with E-state index in [2.05, 4.69) is 21.7 Å². The predicted octanol–water partition coefficient (Wildman–Crippen LogP) is 2.90. The summed E-state index contributed by atoms with van der Waals surface area (Å²) in [6, 6.07) is 3.69. The van der Waals surface area contributed by atoms with Crippen molar-refractivity contribution in [3.63, 3.8) is 0 Å². The van der Waals surface area contributed by atoms with E-state index in [1.807, 2.05) is 6.92 Å². The highest BCUT2D eigenvalue weighted by Crippen LogP contribution is 2.35. The van der Waals surface area contributed by atoms with Crippen molar-refractivity contribution in [2.24, 2.45) is 0 Å². The fraction of sp³-hybridized carbons (Fsp3) is 0.316. The van der Waals surface area contributed by atoms with Crippen molar-refractivity contribution < 1.29 is 9.53 Å². The van der Waals surface area contributed by atoms with Crippen LogP contribution >= 0.6 is 11.3 Å². The topological polar surface area (TPSA) is 73.2 Å². The van der Waals surface area contributed by atoms with Crippen molar-refractivity contribution in [1.82, 2.24) is 14.9 Å². The van der Waals surface area contributed by atoms with E-state index in [9.17, 15) is 9.59 Å². The molecule has 0 aliphatic heterocycles. The van der Waals surface area contributed by atoms with Gasteiger partial charge in [-0.1, -0.05) is 0 Å². The SMILES string of the molecule is CCn1cc(C(=O)NC2CCc3sccc32)c2cnc(OC)cc2c1=O. The van der Waals surface area contributed by atoms with Gasteiger partial charge in [-0.15, -0.1) is 11.3 Å². The molecule has 7 heteroatoms. The molecule has 3 aromatic rings. The Hall–Kier alpha value is -2.67. The lowest BCUT2D eigenvalue weighted by molar-refractivity contribution is 0.0937. The number of aromatic nitrogens is 2. The molecule has 6 nitrogen and oxygen atoms in total. The van der Waals surface area contributed by atoms with Gasteiger partial charge in [0, 0.05) is 35.3 Å². The molecule has 1 N–H and O–H groups in total. The van der Waals surface area contributed by atoms with Crippen LogP contribution in [-0.2, 0) is 13.0 Å². The molecule has 0 fully saturated rings. The first-order valence-corrected chi connectivity index (χ1v) is 9.44. The molecular formula is C19H19N3O3S. The zero-order valence-corrected chi connectivity index (χ0v) is 15.4. The molecule has 1 aliphatic rings. The lowest BCUT2D eigenvalue weighted by Crippen LogP contribution is -2.29. The van der Waals surface area contributed by atoms with Crippen molar-refractivity contribution in [1.29, 1.82) is 0 Å². The summed E-state index contributed by atoms with van der Waals surface area (Å²) in [7, 11) is 1.50. The molecule has 134 valence electrons. The number of methoxy groups -OCH3 is 1. The molecule has 3 heterocycles. The van der Waals surface area contributed by atoms with Crippen LogP contribution in [0.3, 0.4) is 0 Å². The number of amides is 1. The zero-order chi connectivity index (χ0) is 18.3. The fourth-order valence-corrected chi connectivity index (χ4v) is 4.44. The molecule has 26 heavy (non-hydrogen) atoms. The van der Waals surface area contributed by atoms with E-state index in [1.165, 1.54) is 23.7 Å².